The van der Waals surface area contributed by atoms with Crippen molar-refractivity contribution in [1.29, 1.82) is 0 Å². The second-order valence-corrected chi connectivity index (χ2v) is 5.26. The van der Waals surface area contributed by atoms with E-state index < -0.39 is 0 Å². The largest absolute Gasteiger partial charge is 0.374 e. The molecule has 1 aliphatic carbocycles. The monoisotopic (exact) mass is 232 g/mol. The molecule has 0 unspecified atom stereocenters. The zero-order valence-electron chi connectivity index (χ0n) is 10.9. The molecule has 2 nitrogen and oxygen atoms in total. The smallest absolute Gasteiger partial charge is 0.0363 e. The zero-order chi connectivity index (χ0) is 12.1. The Bertz CT molecular complexity index is 325. The summed E-state index contributed by atoms with van der Waals surface area (Å²) in [6, 6.07) is 8.63. The first-order valence-electron chi connectivity index (χ1n) is 6.79. The Morgan fingerprint density at radius 2 is 1.76 bits per heavy atom. The van der Waals surface area contributed by atoms with Crippen molar-refractivity contribution in [1.82, 2.24) is 0 Å². The highest BCUT2D eigenvalue weighted by atomic mass is 15.1. The molecule has 1 aliphatic rings. The summed E-state index contributed by atoms with van der Waals surface area (Å²) < 4.78 is 0. The lowest BCUT2D eigenvalue weighted by atomic mass is 9.89. The van der Waals surface area contributed by atoms with Crippen molar-refractivity contribution in [2.24, 2.45) is 11.7 Å². The first kappa shape index (κ1) is 12.4. The lowest BCUT2D eigenvalue weighted by Crippen LogP contribution is -2.26. The molecule has 0 saturated heterocycles. The van der Waals surface area contributed by atoms with Gasteiger partial charge < -0.3 is 10.6 Å². The summed E-state index contributed by atoms with van der Waals surface area (Å²) in [6.07, 6.45) is 7.09. The van der Waals surface area contributed by atoms with Crippen molar-refractivity contribution in [2.75, 3.05) is 18.5 Å². The standard InChI is InChI=1S/C15H24N2/c1-17(12-14-5-3-2-4-6-14)15-9-7-13(11-16)8-10-15/h7-10,14H,2-6,11-12,16H2,1H3. The van der Waals surface area contributed by atoms with E-state index in [1.165, 1.54) is 49.9 Å². The first-order chi connectivity index (χ1) is 8.29. The van der Waals surface area contributed by atoms with E-state index in [2.05, 4.69) is 36.2 Å². The second kappa shape index (κ2) is 6.06. The van der Waals surface area contributed by atoms with Gasteiger partial charge in [-0.05, 0) is 36.5 Å². The molecule has 17 heavy (non-hydrogen) atoms. The van der Waals surface area contributed by atoms with Crippen LogP contribution in [0.4, 0.5) is 5.69 Å². The van der Waals surface area contributed by atoms with Gasteiger partial charge in [0, 0.05) is 25.8 Å². The van der Waals surface area contributed by atoms with Crippen molar-refractivity contribution in [2.45, 2.75) is 38.6 Å². The molecule has 2 rings (SSSR count). The van der Waals surface area contributed by atoms with Gasteiger partial charge in [0.2, 0.25) is 0 Å². The van der Waals surface area contributed by atoms with Crippen molar-refractivity contribution in [3.8, 4) is 0 Å². The summed E-state index contributed by atoms with van der Waals surface area (Å²) in [7, 11) is 2.20. The molecule has 0 bridgehead atoms. The summed E-state index contributed by atoms with van der Waals surface area (Å²) in [5, 5.41) is 0. The van der Waals surface area contributed by atoms with E-state index in [1.807, 2.05) is 0 Å². The molecule has 0 atom stereocenters. The van der Waals surface area contributed by atoms with Crippen LogP contribution in [0.25, 0.3) is 0 Å². The van der Waals surface area contributed by atoms with Gasteiger partial charge in [-0.1, -0.05) is 31.4 Å². The third kappa shape index (κ3) is 3.47. The normalized spacial score (nSPS) is 17.1. The fourth-order valence-corrected chi connectivity index (χ4v) is 2.75. The summed E-state index contributed by atoms with van der Waals surface area (Å²) in [5.41, 5.74) is 8.13. The molecule has 1 aromatic carbocycles. The Hall–Kier alpha value is -1.02. The van der Waals surface area contributed by atoms with Crippen LogP contribution in [0.5, 0.6) is 0 Å². The lowest BCUT2D eigenvalue weighted by molar-refractivity contribution is 0.362. The van der Waals surface area contributed by atoms with Gasteiger partial charge in [0.25, 0.3) is 0 Å². The van der Waals surface area contributed by atoms with Crippen LogP contribution in [-0.2, 0) is 6.54 Å². The van der Waals surface area contributed by atoms with Gasteiger partial charge in [-0.15, -0.1) is 0 Å². The molecular weight excluding hydrogens is 208 g/mol. The van der Waals surface area contributed by atoms with E-state index >= 15 is 0 Å². The van der Waals surface area contributed by atoms with Crippen molar-refractivity contribution >= 4 is 5.69 Å². The molecule has 0 amide bonds. The molecule has 2 heteroatoms. The highest BCUT2D eigenvalue weighted by Crippen LogP contribution is 2.25. The quantitative estimate of drug-likeness (QED) is 0.864. The van der Waals surface area contributed by atoms with Crippen LogP contribution >= 0.6 is 0 Å². The minimum atomic E-state index is 0.632. The number of benzene rings is 1. The topological polar surface area (TPSA) is 29.3 Å². The average Bonchev–Trinajstić information content (AvgIpc) is 2.40. The molecule has 0 aromatic heterocycles. The highest BCUT2D eigenvalue weighted by Gasteiger charge is 2.15. The van der Waals surface area contributed by atoms with E-state index in [-0.39, 0.29) is 0 Å². The van der Waals surface area contributed by atoms with Gasteiger partial charge in [0.1, 0.15) is 0 Å². The Kier molecular flexibility index (Phi) is 4.43. The molecule has 1 aromatic rings. The van der Waals surface area contributed by atoms with E-state index in [1.54, 1.807) is 0 Å². The van der Waals surface area contributed by atoms with Crippen LogP contribution < -0.4 is 10.6 Å². The molecule has 0 aliphatic heterocycles. The SMILES string of the molecule is CN(CC1CCCCC1)c1ccc(CN)cc1. The Morgan fingerprint density at radius 3 is 2.35 bits per heavy atom. The van der Waals surface area contributed by atoms with Gasteiger partial charge in [0.05, 0.1) is 0 Å². The van der Waals surface area contributed by atoms with Crippen molar-refractivity contribution in [3.05, 3.63) is 29.8 Å². The number of anilines is 1. The number of rotatable bonds is 4. The number of nitrogens with two attached hydrogens (primary N) is 1. The van der Waals surface area contributed by atoms with E-state index in [0.29, 0.717) is 6.54 Å². The fraction of sp³-hybridized carbons (Fsp3) is 0.600. The van der Waals surface area contributed by atoms with Crippen molar-refractivity contribution < 1.29 is 0 Å². The molecule has 0 heterocycles. The predicted molar refractivity (Wildman–Crippen MR) is 74.2 cm³/mol. The van der Waals surface area contributed by atoms with Crippen molar-refractivity contribution in [3.63, 3.8) is 0 Å². The number of hydrogen-bond donors (Lipinski definition) is 1. The molecule has 0 spiro atoms. The summed E-state index contributed by atoms with van der Waals surface area (Å²) >= 11 is 0. The van der Waals surface area contributed by atoms with Gasteiger partial charge in [-0.2, -0.15) is 0 Å². The summed E-state index contributed by atoms with van der Waals surface area (Å²) in [4.78, 5) is 2.39. The van der Waals surface area contributed by atoms with Crippen LogP contribution in [0.15, 0.2) is 24.3 Å². The fourth-order valence-electron chi connectivity index (χ4n) is 2.75. The van der Waals surface area contributed by atoms with Gasteiger partial charge in [-0.3, -0.25) is 0 Å². The first-order valence-corrected chi connectivity index (χ1v) is 6.79. The van der Waals surface area contributed by atoms with Crippen LogP contribution in [0.3, 0.4) is 0 Å². The predicted octanol–water partition coefficient (Wildman–Crippen LogP) is 3.16. The Labute approximate surface area is 105 Å². The minimum absolute atomic E-state index is 0.632. The third-order valence-electron chi connectivity index (χ3n) is 3.87. The molecule has 2 N–H and O–H groups in total. The van der Waals surface area contributed by atoms with Crippen LogP contribution in [0.1, 0.15) is 37.7 Å². The number of nitrogens with zero attached hydrogens (tertiary/aromatic N) is 1. The van der Waals surface area contributed by atoms with Gasteiger partial charge >= 0.3 is 0 Å². The summed E-state index contributed by atoms with van der Waals surface area (Å²) in [6.45, 7) is 1.83. The molecule has 0 radical (unpaired) electrons. The van der Waals surface area contributed by atoms with Crippen LogP contribution in [-0.4, -0.2) is 13.6 Å². The third-order valence-corrected chi connectivity index (χ3v) is 3.87. The number of hydrogen-bond acceptors (Lipinski definition) is 2. The van der Waals surface area contributed by atoms with E-state index in [0.717, 1.165) is 5.92 Å². The molecular formula is C15H24N2. The lowest BCUT2D eigenvalue weighted by Gasteiger charge is -2.28. The van der Waals surface area contributed by atoms with Crippen LogP contribution in [0.2, 0.25) is 0 Å². The minimum Gasteiger partial charge on any atom is -0.374 e. The van der Waals surface area contributed by atoms with Gasteiger partial charge in [-0.25, -0.2) is 0 Å². The van der Waals surface area contributed by atoms with Gasteiger partial charge in [0.15, 0.2) is 0 Å². The Balaban J connectivity index is 1.91. The maximum absolute atomic E-state index is 5.61. The van der Waals surface area contributed by atoms with Crippen LogP contribution in [0, 0.1) is 5.92 Å². The second-order valence-electron chi connectivity index (χ2n) is 5.26. The maximum Gasteiger partial charge on any atom is 0.0363 e. The maximum atomic E-state index is 5.61. The van der Waals surface area contributed by atoms with E-state index in [9.17, 15) is 0 Å². The Morgan fingerprint density at radius 1 is 1.12 bits per heavy atom. The molecule has 1 fully saturated rings. The highest BCUT2D eigenvalue weighted by molar-refractivity contribution is 5.46. The average molecular weight is 232 g/mol. The van der Waals surface area contributed by atoms with E-state index in [4.69, 9.17) is 5.73 Å². The zero-order valence-corrected chi connectivity index (χ0v) is 10.9. The molecule has 1 saturated carbocycles. The summed E-state index contributed by atoms with van der Waals surface area (Å²) in [5.74, 6) is 0.892. The molecule has 94 valence electrons.